The van der Waals surface area contributed by atoms with Crippen molar-refractivity contribution < 1.29 is 0 Å². The Morgan fingerprint density at radius 2 is 2.22 bits per heavy atom. The standard InChI is InChI=1S/C15H21N3/c1-3-13-5-4-7-18(8-6-13)15-10-14(11-16)9-12(2)17-15/h9-10,13H,3-8H2,1-2H3. The monoisotopic (exact) mass is 243 g/mol. The molecule has 0 N–H and O–H groups in total. The Balaban J connectivity index is 2.16. The maximum atomic E-state index is 9.02. The molecule has 1 saturated heterocycles. The molecular weight excluding hydrogens is 222 g/mol. The van der Waals surface area contributed by atoms with Crippen molar-refractivity contribution in [3.63, 3.8) is 0 Å². The summed E-state index contributed by atoms with van der Waals surface area (Å²) in [6.45, 7) is 6.37. The van der Waals surface area contributed by atoms with Crippen LogP contribution in [0.2, 0.25) is 0 Å². The number of anilines is 1. The molecule has 0 aromatic carbocycles. The molecule has 2 rings (SSSR count). The topological polar surface area (TPSA) is 39.9 Å². The van der Waals surface area contributed by atoms with Crippen LogP contribution in [0.25, 0.3) is 0 Å². The SMILES string of the molecule is CCC1CCCN(c2cc(C#N)cc(C)n2)CC1. The van der Waals surface area contributed by atoms with E-state index in [2.05, 4.69) is 22.9 Å². The molecule has 1 fully saturated rings. The quantitative estimate of drug-likeness (QED) is 0.800. The molecule has 1 aromatic rings. The second-order valence-corrected chi connectivity index (χ2v) is 5.16. The van der Waals surface area contributed by atoms with Crippen molar-refractivity contribution >= 4 is 5.82 Å². The van der Waals surface area contributed by atoms with Crippen molar-refractivity contribution in [2.75, 3.05) is 18.0 Å². The Morgan fingerprint density at radius 3 is 2.94 bits per heavy atom. The van der Waals surface area contributed by atoms with Gasteiger partial charge in [0, 0.05) is 18.8 Å². The van der Waals surface area contributed by atoms with Crippen LogP contribution in [-0.2, 0) is 0 Å². The summed E-state index contributed by atoms with van der Waals surface area (Å²) in [5.41, 5.74) is 1.65. The maximum Gasteiger partial charge on any atom is 0.130 e. The molecule has 1 aliphatic rings. The summed E-state index contributed by atoms with van der Waals surface area (Å²) >= 11 is 0. The number of nitriles is 1. The smallest absolute Gasteiger partial charge is 0.130 e. The molecule has 0 aliphatic carbocycles. The van der Waals surface area contributed by atoms with Crippen LogP contribution in [0.3, 0.4) is 0 Å². The van der Waals surface area contributed by atoms with Gasteiger partial charge in [0.15, 0.2) is 0 Å². The average molecular weight is 243 g/mol. The van der Waals surface area contributed by atoms with Crippen LogP contribution in [0, 0.1) is 24.2 Å². The molecule has 3 nitrogen and oxygen atoms in total. The number of hydrogen-bond acceptors (Lipinski definition) is 3. The van der Waals surface area contributed by atoms with Crippen LogP contribution >= 0.6 is 0 Å². The van der Waals surface area contributed by atoms with Crippen molar-refractivity contribution in [3.05, 3.63) is 23.4 Å². The molecule has 0 spiro atoms. The third kappa shape index (κ3) is 3.01. The van der Waals surface area contributed by atoms with Gasteiger partial charge in [0.25, 0.3) is 0 Å². The van der Waals surface area contributed by atoms with Gasteiger partial charge < -0.3 is 4.90 Å². The normalized spacial score (nSPS) is 20.3. The molecule has 96 valence electrons. The van der Waals surface area contributed by atoms with E-state index in [1.807, 2.05) is 19.1 Å². The van der Waals surface area contributed by atoms with Crippen LogP contribution < -0.4 is 4.90 Å². The Bertz CT molecular complexity index is 448. The first-order chi connectivity index (χ1) is 8.72. The second-order valence-electron chi connectivity index (χ2n) is 5.16. The fraction of sp³-hybridized carbons (Fsp3) is 0.600. The molecule has 0 amide bonds. The average Bonchev–Trinajstić information content (AvgIpc) is 2.63. The zero-order valence-electron chi connectivity index (χ0n) is 11.3. The molecule has 2 heterocycles. The Morgan fingerprint density at radius 1 is 1.39 bits per heavy atom. The minimum atomic E-state index is 0.716. The summed E-state index contributed by atoms with van der Waals surface area (Å²) < 4.78 is 0. The molecule has 1 atom stereocenters. The van der Waals surface area contributed by atoms with Gasteiger partial charge in [-0.15, -0.1) is 0 Å². The number of pyridine rings is 1. The third-order valence-corrected chi connectivity index (χ3v) is 3.82. The van der Waals surface area contributed by atoms with Gasteiger partial charge in [-0.25, -0.2) is 4.98 Å². The van der Waals surface area contributed by atoms with E-state index < -0.39 is 0 Å². The lowest BCUT2D eigenvalue weighted by Gasteiger charge is -2.22. The molecule has 1 unspecified atom stereocenters. The number of nitrogens with zero attached hydrogens (tertiary/aromatic N) is 3. The minimum absolute atomic E-state index is 0.716. The lowest BCUT2D eigenvalue weighted by molar-refractivity contribution is 0.459. The molecule has 1 aliphatic heterocycles. The van der Waals surface area contributed by atoms with E-state index in [1.54, 1.807) is 0 Å². The van der Waals surface area contributed by atoms with Gasteiger partial charge in [-0.1, -0.05) is 13.3 Å². The number of aromatic nitrogens is 1. The van der Waals surface area contributed by atoms with Gasteiger partial charge in [-0.2, -0.15) is 5.26 Å². The molecular formula is C15H21N3. The minimum Gasteiger partial charge on any atom is -0.357 e. The lowest BCUT2D eigenvalue weighted by atomic mass is 9.98. The molecule has 1 aromatic heterocycles. The predicted molar refractivity (Wildman–Crippen MR) is 73.5 cm³/mol. The molecule has 0 saturated carbocycles. The van der Waals surface area contributed by atoms with E-state index in [0.29, 0.717) is 5.56 Å². The molecule has 3 heteroatoms. The third-order valence-electron chi connectivity index (χ3n) is 3.82. The fourth-order valence-electron chi connectivity index (χ4n) is 2.68. The number of hydrogen-bond donors (Lipinski definition) is 0. The first-order valence-electron chi connectivity index (χ1n) is 6.86. The van der Waals surface area contributed by atoms with E-state index in [-0.39, 0.29) is 0 Å². The van der Waals surface area contributed by atoms with Crippen molar-refractivity contribution in [1.29, 1.82) is 5.26 Å². The summed E-state index contributed by atoms with van der Waals surface area (Å²) in [6, 6.07) is 5.98. The highest BCUT2D eigenvalue weighted by Crippen LogP contribution is 2.24. The highest BCUT2D eigenvalue weighted by molar-refractivity contribution is 5.46. The van der Waals surface area contributed by atoms with E-state index in [1.165, 1.54) is 25.7 Å². The van der Waals surface area contributed by atoms with Crippen molar-refractivity contribution in [1.82, 2.24) is 4.98 Å². The van der Waals surface area contributed by atoms with Gasteiger partial charge in [-0.05, 0) is 44.2 Å². The zero-order chi connectivity index (χ0) is 13.0. The van der Waals surface area contributed by atoms with E-state index in [0.717, 1.165) is 30.5 Å². The summed E-state index contributed by atoms with van der Waals surface area (Å²) in [5, 5.41) is 9.02. The summed E-state index contributed by atoms with van der Waals surface area (Å²) in [7, 11) is 0. The van der Waals surface area contributed by atoms with Gasteiger partial charge in [0.1, 0.15) is 5.82 Å². The number of rotatable bonds is 2. The van der Waals surface area contributed by atoms with Crippen LogP contribution in [-0.4, -0.2) is 18.1 Å². The Kier molecular flexibility index (Phi) is 4.19. The van der Waals surface area contributed by atoms with Gasteiger partial charge in [0.05, 0.1) is 11.6 Å². The number of aryl methyl sites for hydroxylation is 1. The highest BCUT2D eigenvalue weighted by atomic mass is 15.2. The Labute approximate surface area is 109 Å². The molecule has 0 bridgehead atoms. The van der Waals surface area contributed by atoms with Crippen molar-refractivity contribution in [2.45, 2.75) is 39.5 Å². The van der Waals surface area contributed by atoms with E-state index in [4.69, 9.17) is 5.26 Å². The van der Waals surface area contributed by atoms with E-state index >= 15 is 0 Å². The fourth-order valence-corrected chi connectivity index (χ4v) is 2.68. The predicted octanol–water partition coefficient (Wildman–Crippen LogP) is 3.28. The largest absolute Gasteiger partial charge is 0.357 e. The van der Waals surface area contributed by atoms with Crippen LogP contribution in [0.1, 0.15) is 43.9 Å². The lowest BCUT2D eigenvalue weighted by Crippen LogP contribution is -2.25. The first-order valence-corrected chi connectivity index (χ1v) is 6.86. The zero-order valence-corrected chi connectivity index (χ0v) is 11.3. The van der Waals surface area contributed by atoms with Gasteiger partial charge in [0.2, 0.25) is 0 Å². The Hall–Kier alpha value is -1.56. The van der Waals surface area contributed by atoms with Crippen molar-refractivity contribution in [3.8, 4) is 6.07 Å². The first kappa shape index (κ1) is 12.9. The maximum absolute atomic E-state index is 9.02. The van der Waals surface area contributed by atoms with Crippen LogP contribution in [0.4, 0.5) is 5.82 Å². The molecule has 0 radical (unpaired) electrons. The van der Waals surface area contributed by atoms with Gasteiger partial charge >= 0.3 is 0 Å². The van der Waals surface area contributed by atoms with Crippen molar-refractivity contribution in [2.24, 2.45) is 5.92 Å². The summed E-state index contributed by atoms with van der Waals surface area (Å²) in [5.74, 6) is 1.83. The summed E-state index contributed by atoms with van der Waals surface area (Å²) in [6.07, 6.45) is 5.08. The van der Waals surface area contributed by atoms with Crippen LogP contribution in [0.5, 0.6) is 0 Å². The second kappa shape index (κ2) is 5.86. The highest BCUT2D eigenvalue weighted by Gasteiger charge is 2.17. The summed E-state index contributed by atoms with van der Waals surface area (Å²) in [4.78, 5) is 6.91. The van der Waals surface area contributed by atoms with Crippen LogP contribution in [0.15, 0.2) is 12.1 Å². The van der Waals surface area contributed by atoms with Gasteiger partial charge in [-0.3, -0.25) is 0 Å². The van der Waals surface area contributed by atoms with E-state index in [9.17, 15) is 0 Å². The molecule has 18 heavy (non-hydrogen) atoms.